The zero-order chi connectivity index (χ0) is 17.2. The Morgan fingerprint density at radius 3 is 2.60 bits per heavy atom. The van der Waals surface area contributed by atoms with E-state index in [1.54, 1.807) is 11.3 Å². The van der Waals surface area contributed by atoms with Gasteiger partial charge in [0.05, 0.1) is 11.4 Å². The number of nitrogens with zero attached hydrogens (tertiary/aromatic N) is 3. The number of carbonyl (C=O) groups excluding carboxylic acids is 1. The molecule has 4 aromatic rings. The number of carbonyl (C=O) groups is 1. The number of hydrogen-bond acceptors (Lipinski definition) is 5. The molecule has 2 heterocycles. The molecule has 2 aromatic heterocycles. The van der Waals surface area contributed by atoms with Crippen LogP contribution in [0.4, 0.5) is 0 Å². The topological polar surface area (TPSA) is 47.3 Å². The Labute approximate surface area is 153 Å². The highest BCUT2D eigenvalue weighted by atomic mass is 32.2. The maximum atomic E-state index is 12.3. The van der Waals surface area contributed by atoms with Crippen molar-refractivity contribution in [2.75, 3.05) is 5.75 Å². The van der Waals surface area contributed by atoms with Crippen LogP contribution in [0.25, 0.3) is 16.2 Å². The highest BCUT2D eigenvalue weighted by molar-refractivity contribution is 7.99. The largest absolute Gasteiger partial charge is 0.293 e. The molecule has 0 saturated heterocycles. The van der Waals surface area contributed by atoms with E-state index in [1.165, 1.54) is 17.3 Å². The predicted octanol–water partition coefficient (Wildman–Crippen LogP) is 4.74. The van der Waals surface area contributed by atoms with Gasteiger partial charge in [0.2, 0.25) is 4.96 Å². The fourth-order valence-corrected chi connectivity index (χ4v) is 4.29. The molecule has 4 nitrogen and oxygen atoms in total. The third-order valence-corrected chi connectivity index (χ3v) is 5.64. The van der Waals surface area contributed by atoms with E-state index in [1.807, 2.05) is 34.7 Å². The Bertz CT molecular complexity index is 1020. The minimum atomic E-state index is 0.0921. The van der Waals surface area contributed by atoms with Gasteiger partial charge < -0.3 is 0 Å². The van der Waals surface area contributed by atoms with Crippen LogP contribution in [0.15, 0.2) is 65.1 Å². The molecule has 6 heteroatoms. The van der Waals surface area contributed by atoms with Crippen LogP contribution in [0.2, 0.25) is 0 Å². The molecule has 0 atom stereocenters. The number of aryl methyl sites for hydroxylation is 1. The van der Waals surface area contributed by atoms with E-state index in [4.69, 9.17) is 0 Å². The highest BCUT2D eigenvalue weighted by Gasteiger charge is 2.15. The zero-order valence-corrected chi connectivity index (χ0v) is 15.2. The quantitative estimate of drug-likeness (QED) is 0.378. The van der Waals surface area contributed by atoms with Gasteiger partial charge in [0, 0.05) is 10.9 Å². The normalized spacial score (nSPS) is 11.1. The average Bonchev–Trinajstić information content (AvgIpc) is 3.24. The van der Waals surface area contributed by atoms with Crippen LogP contribution in [-0.2, 0) is 0 Å². The lowest BCUT2D eigenvalue weighted by Crippen LogP contribution is -2.02. The van der Waals surface area contributed by atoms with Gasteiger partial charge in [-0.05, 0) is 12.5 Å². The molecule has 0 bridgehead atoms. The Morgan fingerprint density at radius 2 is 1.84 bits per heavy atom. The summed E-state index contributed by atoms with van der Waals surface area (Å²) in [4.78, 5) is 13.2. The molecule has 0 amide bonds. The van der Waals surface area contributed by atoms with Crippen molar-refractivity contribution < 1.29 is 4.79 Å². The molecule has 0 N–H and O–H groups in total. The van der Waals surface area contributed by atoms with E-state index in [0.29, 0.717) is 5.75 Å². The number of fused-ring (bicyclic) bond motifs is 1. The predicted molar refractivity (Wildman–Crippen MR) is 103 cm³/mol. The minimum Gasteiger partial charge on any atom is -0.293 e. The van der Waals surface area contributed by atoms with Crippen LogP contribution >= 0.6 is 23.1 Å². The number of thiazole rings is 1. The molecule has 0 unspecified atom stereocenters. The van der Waals surface area contributed by atoms with E-state index in [2.05, 4.69) is 46.8 Å². The van der Waals surface area contributed by atoms with Crippen LogP contribution < -0.4 is 0 Å². The molecule has 25 heavy (non-hydrogen) atoms. The Hall–Kier alpha value is -2.44. The second kappa shape index (κ2) is 6.82. The summed E-state index contributed by atoms with van der Waals surface area (Å²) in [6.45, 7) is 2.07. The molecular weight excluding hydrogens is 350 g/mol. The molecule has 124 valence electrons. The Morgan fingerprint density at radius 1 is 1.08 bits per heavy atom. The first-order valence-electron chi connectivity index (χ1n) is 7.83. The minimum absolute atomic E-state index is 0.0921. The van der Waals surface area contributed by atoms with Crippen LogP contribution in [0.1, 0.15) is 15.9 Å². The van der Waals surface area contributed by atoms with E-state index in [0.717, 1.165) is 26.9 Å². The molecule has 2 aromatic carbocycles. The summed E-state index contributed by atoms with van der Waals surface area (Å²) in [6, 6.07) is 17.7. The lowest BCUT2D eigenvalue weighted by atomic mass is 10.1. The summed E-state index contributed by atoms with van der Waals surface area (Å²) < 4.78 is 2.03. The van der Waals surface area contributed by atoms with Crippen molar-refractivity contribution in [1.82, 2.24) is 14.6 Å². The number of thioether (sulfide) groups is 1. The molecule has 4 rings (SSSR count). The van der Waals surface area contributed by atoms with Crippen molar-refractivity contribution >= 4 is 33.8 Å². The first-order chi connectivity index (χ1) is 12.2. The van der Waals surface area contributed by atoms with Crippen molar-refractivity contribution in [3.05, 3.63) is 71.1 Å². The van der Waals surface area contributed by atoms with Gasteiger partial charge in [0.25, 0.3) is 0 Å². The zero-order valence-electron chi connectivity index (χ0n) is 13.5. The summed E-state index contributed by atoms with van der Waals surface area (Å²) in [5, 5.41) is 11.3. The highest BCUT2D eigenvalue weighted by Crippen LogP contribution is 2.30. The molecule has 0 aliphatic heterocycles. The molecule has 0 radical (unpaired) electrons. The van der Waals surface area contributed by atoms with E-state index in [-0.39, 0.29) is 5.78 Å². The maximum Gasteiger partial charge on any atom is 0.217 e. The lowest BCUT2D eigenvalue weighted by molar-refractivity contribution is 0.102. The van der Waals surface area contributed by atoms with Crippen LogP contribution in [-0.4, -0.2) is 26.1 Å². The number of aromatic nitrogens is 3. The summed E-state index contributed by atoms with van der Waals surface area (Å²) in [5.74, 6) is 0.433. The first kappa shape index (κ1) is 16.1. The first-order valence-corrected chi connectivity index (χ1v) is 9.69. The number of benzene rings is 2. The number of Topliss-reactive ketones (excluding diaryl/α,β-unsaturated/α-hetero) is 1. The smallest absolute Gasteiger partial charge is 0.217 e. The van der Waals surface area contributed by atoms with Crippen molar-refractivity contribution in [1.29, 1.82) is 0 Å². The van der Waals surface area contributed by atoms with E-state index >= 15 is 0 Å². The van der Waals surface area contributed by atoms with Gasteiger partial charge in [-0.3, -0.25) is 9.20 Å². The second-order valence-corrected chi connectivity index (χ2v) is 7.44. The Balaban J connectivity index is 1.61. The van der Waals surface area contributed by atoms with Gasteiger partial charge >= 0.3 is 0 Å². The van der Waals surface area contributed by atoms with Crippen LogP contribution in [0.3, 0.4) is 0 Å². The number of ketones is 1. The number of rotatable bonds is 5. The Kier molecular flexibility index (Phi) is 4.38. The third-order valence-electron chi connectivity index (χ3n) is 3.90. The number of hydrogen-bond donors (Lipinski definition) is 0. The summed E-state index contributed by atoms with van der Waals surface area (Å²) >= 11 is 2.98. The van der Waals surface area contributed by atoms with Crippen LogP contribution in [0, 0.1) is 6.92 Å². The third kappa shape index (κ3) is 3.23. The van der Waals surface area contributed by atoms with Crippen LogP contribution in [0.5, 0.6) is 0 Å². The molecule has 0 saturated carbocycles. The van der Waals surface area contributed by atoms with Gasteiger partial charge in [0.15, 0.2) is 10.9 Å². The molecule has 0 fully saturated rings. The fraction of sp³-hybridized carbons (Fsp3) is 0.105. The maximum absolute atomic E-state index is 12.3. The lowest BCUT2D eigenvalue weighted by Gasteiger charge is -2.04. The molecule has 0 aliphatic carbocycles. The summed E-state index contributed by atoms with van der Waals surface area (Å²) in [6.07, 6.45) is 0. The van der Waals surface area contributed by atoms with Crippen molar-refractivity contribution in [3.8, 4) is 11.3 Å². The average molecular weight is 365 g/mol. The van der Waals surface area contributed by atoms with Crippen molar-refractivity contribution in [2.45, 2.75) is 12.1 Å². The second-order valence-electron chi connectivity index (χ2n) is 5.67. The van der Waals surface area contributed by atoms with Gasteiger partial charge in [-0.1, -0.05) is 71.9 Å². The van der Waals surface area contributed by atoms with Gasteiger partial charge in [0.1, 0.15) is 0 Å². The SMILES string of the molecule is Cc1ccc(-c2csc3nnc(SCC(=O)c4ccccc4)n23)cc1. The monoisotopic (exact) mass is 365 g/mol. The van der Waals surface area contributed by atoms with E-state index in [9.17, 15) is 4.79 Å². The van der Waals surface area contributed by atoms with Gasteiger partial charge in [-0.15, -0.1) is 21.5 Å². The van der Waals surface area contributed by atoms with E-state index < -0.39 is 0 Å². The van der Waals surface area contributed by atoms with Crippen molar-refractivity contribution in [2.24, 2.45) is 0 Å². The fourth-order valence-electron chi connectivity index (χ4n) is 2.55. The molecular formula is C19H15N3OS2. The molecule has 0 spiro atoms. The van der Waals surface area contributed by atoms with Gasteiger partial charge in [-0.2, -0.15) is 0 Å². The summed E-state index contributed by atoms with van der Waals surface area (Å²) in [7, 11) is 0. The summed E-state index contributed by atoms with van der Waals surface area (Å²) in [5.41, 5.74) is 4.12. The standard InChI is InChI=1S/C19H15N3OS2/c1-13-7-9-14(10-8-13)16-11-24-18-20-21-19(22(16)18)25-12-17(23)15-5-3-2-4-6-15/h2-11H,12H2,1H3. The van der Waals surface area contributed by atoms with Crippen molar-refractivity contribution in [3.63, 3.8) is 0 Å². The van der Waals surface area contributed by atoms with Gasteiger partial charge in [-0.25, -0.2) is 0 Å². The molecule has 0 aliphatic rings.